The second-order valence-corrected chi connectivity index (χ2v) is 8.88. The molecule has 1 aromatic heterocycles. The zero-order valence-electron chi connectivity index (χ0n) is 15.8. The molecule has 0 aliphatic rings. The molecular weight excluding hydrogens is 352 g/mol. The van der Waals surface area contributed by atoms with Crippen LogP contribution in [0.4, 0.5) is 0 Å². The number of sulfone groups is 1. The number of aryl methyl sites for hydroxylation is 2. The molecule has 0 spiro atoms. The van der Waals surface area contributed by atoms with Gasteiger partial charge in [-0.15, -0.1) is 0 Å². The van der Waals surface area contributed by atoms with Gasteiger partial charge in [-0.3, -0.25) is 4.79 Å². The van der Waals surface area contributed by atoms with Gasteiger partial charge in [0.1, 0.15) is 17.3 Å². The van der Waals surface area contributed by atoms with E-state index in [-0.39, 0.29) is 18.0 Å². The Morgan fingerprint density at radius 1 is 1.19 bits per heavy atom. The summed E-state index contributed by atoms with van der Waals surface area (Å²) in [4.78, 5) is 18.3. The minimum absolute atomic E-state index is 0.257. The monoisotopic (exact) mass is 378 g/mol. The number of nitrogens with zero attached hydrogens (tertiary/aromatic N) is 2. The normalized spacial score (nSPS) is 11.9. The summed E-state index contributed by atoms with van der Waals surface area (Å²) in [7, 11) is 0.263. The fourth-order valence-corrected chi connectivity index (χ4v) is 4.08. The third-order valence-corrected chi connectivity index (χ3v) is 5.54. The zero-order chi connectivity index (χ0) is 19.3. The lowest BCUT2D eigenvalue weighted by atomic mass is 10.1. The standard InChI is InChI=1S/C19H26N2O4S/c1-14-8-5-6-10-17(14)19-20-18(15(2)25-19)13-26(23,24)12-16(22)9-7-11-21(3)4/h5-6,8,10H,7,9,11-13H2,1-4H3. The van der Waals surface area contributed by atoms with Gasteiger partial charge >= 0.3 is 0 Å². The summed E-state index contributed by atoms with van der Waals surface area (Å²) >= 11 is 0. The van der Waals surface area contributed by atoms with Crippen LogP contribution < -0.4 is 0 Å². The van der Waals surface area contributed by atoms with Gasteiger partial charge in [-0.2, -0.15) is 0 Å². The summed E-state index contributed by atoms with van der Waals surface area (Å²) in [6, 6.07) is 7.62. The Balaban J connectivity index is 2.06. The Morgan fingerprint density at radius 3 is 2.54 bits per heavy atom. The van der Waals surface area contributed by atoms with Gasteiger partial charge in [0.15, 0.2) is 9.84 Å². The van der Waals surface area contributed by atoms with Gasteiger partial charge in [0.2, 0.25) is 5.89 Å². The number of carbonyl (C=O) groups is 1. The molecule has 0 radical (unpaired) electrons. The van der Waals surface area contributed by atoms with Crippen molar-refractivity contribution in [1.82, 2.24) is 9.88 Å². The molecule has 2 aromatic rings. The summed E-state index contributed by atoms with van der Waals surface area (Å²) in [5.74, 6) is -0.123. The van der Waals surface area contributed by atoms with E-state index in [1.807, 2.05) is 50.2 Å². The highest BCUT2D eigenvalue weighted by Crippen LogP contribution is 2.25. The van der Waals surface area contributed by atoms with Gasteiger partial charge in [-0.1, -0.05) is 18.2 Å². The van der Waals surface area contributed by atoms with Crippen LogP contribution in [0.25, 0.3) is 11.5 Å². The number of hydrogen-bond acceptors (Lipinski definition) is 6. The highest BCUT2D eigenvalue weighted by atomic mass is 32.2. The van der Waals surface area contributed by atoms with E-state index in [0.29, 0.717) is 23.8 Å². The molecule has 2 rings (SSSR count). The first-order chi connectivity index (χ1) is 12.2. The molecule has 0 aliphatic carbocycles. The van der Waals surface area contributed by atoms with E-state index in [0.717, 1.165) is 17.7 Å². The lowest BCUT2D eigenvalue weighted by molar-refractivity contribution is -0.116. The van der Waals surface area contributed by atoms with Crippen molar-refractivity contribution in [2.75, 3.05) is 26.4 Å². The maximum atomic E-state index is 12.4. The second-order valence-electron chi connectivity index (χ2n) is 6.81. The molecule has 0 fully saturated rings. The molecule has 26 heavy (non-hydrogen) atoms. The fraction of sp³-hybridized carbons (Fsp3) is 0.474. The molecular formula is C19H26N2O4S. The van der Waals surface area contributed by atoms with E-state index in [9.17, 15) is 13.2 Å². The summed E-state index contributed by atoms with van der Waals surface area (Å²) in [6.07, 6.45) is 0.922. The lowest BCUT2D eigenvalue weighted by Gasteiger charge is -2.08. The Hall–Kier alpha value is -1.99. The molecule has 0 unspecified atom stereocenters. The van der Waals surface area contributed by atoms with E-state index in [1.54, 1.807) is 6.92 Å². The fourth-order valence-electron chi connectivity index (χ4n) is 2.66. The van der Waals surface area contributed by atoms with Crippen LogP contribution in [-0.4, -0.2) is 50.5 Å². The average molecular weight is 378 g/mol. The summed E-state index contributed by atoms with van der Waals surface area (Å²) < 4.78 is 30.4. The third kappa shape index (κ3) is 5.78. The van der Waals surface area contributed by atoms with Crippen LogP contribution >= 0.6 is 0 Å². The van der Waals surface area contributed by atoms with Crippen molar-refractivity contribution < 1.29 is 17.6 Å². The number of aromatic nitrogens is 1. The minimum Gasteiger partial charge on any atom is -0.441 e. The van der Waals surface area contributed by atoms with Crippen molar-refractivity contribution in [3.8, 4) is 11.5 Å². The molecule has 0 bridgehead atoms. The first-order valence-electron chi connectivity index (χ1n) is 8.57. The molecule has 1 aromatic carbocycles. The van der Waals surface area contributed by atoms with Crippen LogP contribution in [0.5, 0.6) is 0 Å². The van der Waals surface area contributed by atoms with Gasteiger partial charge in [0, 0.05) is 12.0 Å². The Labute approximate surface area is 155 Å². The van der Waals surface area contributed by atoms with Crippen LogP contribution in [0.3, 0.4) is 0 Å². The quantitative estimate of drug-likeness (QED) is 0.667. The number of Topliss-reactive ketones (excluding diaryl/α,β-unsaturated/α-hetero) is 1. The minimum atomic E-state index is -3.57. The smallest absolute Gasteiger partial charge is 0.226 e. The van der Waals surface area contributed by atoms with Crippen LogP contribution in [0.15, 0.2) is 28.7 Å². The molecule has 0 aliphatic heterocycles. The topological polar surface area (TPSA) is 80.5 Å². The average Bonchev–Trinajstić information content (AvgIpc) is 2.86. The number of carbonyl (C=O) groups excluding carboxylic acids is 1. The predicted octanol–water partition coefficient (Wildman–Crippen LogP) is 2.78. The predicted molar refractivity (Wildman–Crippen MR) is 102 cm³/mol. The third-order valence-electron chi connectivity index (χ3n) is 4.07. The van der Waals surface area contributed by atoms with Gasteiger partial charge < -0.3 is 9.32 Å². The number of oxazole rings is 1. The van der Waals surface area contributed by atoms with Crippen LogP contribution in [0.1, 0.15) is 29.9 Å². The molecule has 1 heterocycles. The Kier molecular flexibility index (Phi) is 6.72. The first kappa shape index (κ1) is 20.3. The number of rotatable bonds is 9. The van der Waals surface area contributed by atoms with E-state index in [1.165, 1.54) is 0 Å². The van der Waals surface area contributed by atoms with Gasteiger partial charge in [0.05, 0.1) is 11.4 Å². The molecule has 0 atom stereocenters. The molecule has 0 amide bonds. The maximum absolute atomic E-state index is 12.4. The van der Waals surface area contributed by atoms with Crippen LogP contribution in [0.2, 0.25) is 0 Å². The number of hydrogen-bond donors (Lipinski definition) is 0. The Bertz CT molecular complexity index is 869. The maximum Gasteiger partial charge on any atom is 0.226 e. The van der Waals surface area contributed by atoms with Crippen molar-refractivity contribution in [2.24, 2.45) is 0 Å². The van der Waals surface area contributed by atoms with Crippen molar-refractivity contribution in [2.45, 2.75) is 32.4 Å². The van der Waals surface area contributed by atoms with Crippen molar-refractivity contribution >= 4 is 15.6 Å². The molecule has 0 saturated carbocycles. The largest absolute Gasteiger partial charge is 0.441 e. The van der Waals surface area contributed by atoms with Crippen molar-refractivity contribution in [3.05, 3.63) is 41.3 Å². The highest BCUT2D eigenvalue weighted by molar-refractivity contribution is 7.91. The highest BCUT2D eigenvalue weighted by Gasteiger charge is 2.22. The lowest BCUT2D eigenvalue weighted by Crippen LogP contribution is -2.20. The molecule has 0 N–H and O–H groups in total. The summed E-state index contributed by atoms with van der Waals surface area (Å²) in [5.41, 5.74) is 2.20. The summed E-state index contributed by atoms with van der Waals surface area (Å²) in [6.45, 7) is 4.39. The number of benzene rings is 1. The molecule has 142 valence electrons. The van der Waals surface area contributed by atoms with E-state index in [4.69, 9.17) is 4.42 Å². The van der Waals surface area contributed by atoms with E-state index in [2.05, 4.69) is 4.98 Å². The second kappa shape index (κ2) is 8.60. The molecule has 6 nitrogen and oxygen atoms in total. The molecule has 0 saturated heterocycles. The SMILES string of the molecule is Cc1ccccc1-c1nc(CS(=O)(=O)CC(=O)CCCN(C)C)c(C)o1. The van der Waals surface area contributed by atoms with Gasteiger partial charge in [-0.25, -0.2) is 13.4 Å². The number of ketones is 1. The van der Waals surface area contributed by atoms with Gasteiger partial charge in [0.25, 0.3) is 0 Å². The van der Waals surface area contributed by atoms with Crippen molar-refractivity contribution in [3.63, 3.8) is 0 Å². The van der Waals surface area contributed by atoms with Crippen molar-refractivity contribution in [1.29, 1.82) is 0 Å². The Morgan fingerprint density at radius 2 is 1.88 bits per heavy atom. The zero-order valence-corrected chi connectivity index (χ0v) is 16.6. The van der Waals surface area contributed by atoms with Gasteiger partial charge in [-0.05, 0) is 52.5 Å². The van der Waals surface area contributed by atoms with Crippen LogP contribution in [-0.2, 0) is 20.4 Å². The molecule has 7 heteroatoms. The first-order valence-corrected chi connectivity index (χ1v) is 10.4. The van der Waals surface area contributed by atoms with Crippen LogP contribution in [0, 0.1) is 13.8 Å². The van der Waals surface area contributed by atoms with E-state index < -0.39 is 15.6 Å². The van der Waals surface area contributed by atoms with E-state index >= 15 is 0 Å². The summed E-state index contributed by atoms with van der Waals surface area (Å²) in [5, 5.41) is 0.